The third kappa shape index (κ3) is 11.1. The van der Waals surface area contributed by atoms with Crippen LogP contribution in [0.15, 0.2) is 48.5 Å². The van der Waals surface area contributed by atoms with Gasteiger partial charge in [0, 0.05) is 41.9 Å². The van der Waals surface area contributed by atoms with Crippen LogP contribution in [0.5, 0.6) is 0 Å². The van der Waals surface area contributed by atoms with E-state index in [1.807, 2.05) is 24.3 Å². The summed E-state index contributed by atoms with van der Waals surface area (Å²) in [7, 11) is -3.67. The quantitative estimate of drug-likeness (QED) is 0.0813. The van der Waals surface area contributed by atoms with Crippen LogP contribution in [0.3, 0.4) is 0 Å². The molecule has 0 aliphatic carbocycles. The van der Waals surface area contributed by atoms with Crippen LogP contribution in [-0.4, -0.2) is 82.3 Å². The van der Waals surface area contributed by atoms with Gasteiger partial charge in [0.1, 0.15) is 22.6 Å². The van der Waals surface area contributed by atoms with Crippen molar-refractivity contribution in [3.05, 3.63) is 59.9 Å². The summed E-state index contributed by atoms with van der Waals surface area (Å²) in [6.07, 6.45) is -0.892. The van der Waals surface area contributed by atoms with Crippen molar-refractivity contribution in [2.75, 3.05) is 32.4 Å². The molecule has 0 radical (unpaired) electrons. The molecule has 10 nitrogen and oxygen atoms in total. The van der Waals surface area contributed by atoms with E-state index < -0.39 is 47.5 Å². The number of thiophene rings is 1. The normalized spacial score (nSPS) is 19.9. The number of imide groups is 1. The average molecular weight is 775 g/mol. The summed E-state index contributed by atoms with van der Waals surface area (Å²) in [5.74, 6) is -0.970. The number of carbonyl (C=O) groups is 3. The molecule has 1 aliphatic heterocycles. The lowest BCUT2D eigenvalue weighted by Crippen LogP contribution is -2.56. The molecule has 1 unspecified atom stereocenters. The molecule has 1 aromatic heterocycles. The van der Waals surface area contributed by atoms with Crippen molar-refractivity contribution in [1.29, 1.82) is 0 Å². The number of amides is 2. The maximum absolute atomic E-state index is 14.9. The van der Waals surface area contributed by atoms with Crippen LogP contribution in [-0.2, 0) is 34.6 Å². The standard InChI is InChI=1S/C40H56FN2O8PS/c1-11-48-52(47)23-22-42(26-29-18-19-30(41)25-31(29)33-24-28-16-12-13-17-32(28)53-33)27-40(52,34(44)49-37(2,3)4)20-14-15-21-43(35(45)50-38(5,6)7)36(46)51-39(8,9)10/h12-13,16-19,24-25H,11,14-15,20-23,26-27H2,1-10H3/t40-,52?/m0/s1. The van der Waals surface area contributed by atoms with Crippen LogP contribution in [0.2, 0.25) is 0 Å². The molecule has 1 saturated heterocycles. The second kappa shape index (κ2) is 16.6. The summed E-state index contributed by atoms with van der Waals surface area (Å²) in [4.78, 5) is 44.6. The molecule has 0 saturated carbocycles. The zero-order chi connectivity index (χ0) is 39.4. The molecular formula is C40H56FN2O8PS. The fourth-order valence-corrected chi connectivity index (χ4v) is 10.5. The number of benzene rings is 2. The van der Waals surface area contributed by atoms with Gasteiger partial charge in [-0.1, -0.05) is 24.3 Å². The Hall–Kier alpha value is -3.31. The number of unbranched alkanes of at least 4 members (excludes halogenated alkanes) is 1. The minimum absolute atomic E-state index is 0.0506. The first-order valence-electron chi connectivity index (χ1n) is 18.3. The summed E-state index contributed by atoms with van der Waals surface area (Å²) >= 11 is 1.58. The molecule has 4 rings (SSSR count). The highest BCUT2D eigenvalue weighted by Gasteiger charge is 2.59. The number of nitrogens with zero attached hydrogens (tertiary/aromatic N) is 2. The van der Waals surface area contributed by atoms with Gasteiger partial charge in [0.05, 0.1) is 6.61 Å². The SMILES string of the molecule is CCOP1(=O)CCN(Cc2ccc(F)cc2-c2cc3ccccc3s2)C[C@@]1(CCCCN(C(=O)OC(C)(C)C)C(=O)OC(C)(C)C)C(=O)OC(C)(C)C. The van der Waals surface area contributed by atoms with Gasteiger partial charge in [0.2, 0.25) is 7.37 Å². The zero-order valence-electron chi connectivity index (χ0n) is 32.9. The third-order valence-corrected chi connectivity index (χ3v) is 13.0. The molecule has 292 valence electrons. The van der Waals surface area contributed by atoms with Crippen molar-refractivity contribution in [3.8, 4) is 10.4 Å². The Kier molecular flexibility index (Phi) is 13.3. The largest absolute Gasteiger partial charge is 0.459 e. The van der Waals surface area contributed by atoms with E-state index >= 15 is 0 Å². The van der Waals surface area contributed by atoms with Crippen molar-refractivity contribution >= 4 is 46.9 Å². The Labute approximate surface area is 317 Å². The van der Waals surface area contributed by atoms with Crippen molar-refractivity contribution in [3.63, 3.8) is 0 Å². The van der Waals surface area contributed by atoms with Gasteiger partial charge in [0.25, 0.3) is 0 Å². The Bertz CT molecular complexity index is 1760. The molecular weight excluding hydrogens is 718 g/mol. The van der Waals surface area contributed by atoms with E-state index in [0.29, 0.717) is 19.5 Å². The molecule has 1 fully saturated rings. The summed E-state index contributed by atoms with van der Waals surface area (Å²) < 4.78 is 53.9. The Morgan fingerprint density at radius 1 is 0.887 bits per heavy atom. The molecule has 0 N–H and O–H groups in total. The second-order valence-electron chi connectivity index (χ2n) is 16.6. The number of hydrogen-bond acceptors (Lipinski definition) is 10. The van der Waals surface area contributed by atoms with Crippen LogP contribution in [0.4, 0.5) is 14.0 Å². The molecule has 1 aliphatic rings. The number of fused-ring (bicyclic) bond motifs is 1. The third-order valence-electron chi connectivity index (χ3n) is 8.57. The van der Waals surface area contributed by atoms with E-state index in [-0.39, 0.29) is 44.5 Å². The van der Waals surface area contributed by atoms with Crippen LogP contribution < -0.4 is 0 Å². The van der Waals surface area contributed by atoms with Gasteiger partial charge in [-0.25, -0.2) is 18.9 Å². The summed E-state index contributed by atoms with van der Waals surface area (Å²) in [6.45, 7) is 18.2. The van der Waals surface area contributed by atoms with E-state index in [1.54, 1.807) is 86.6 Å². The maximum atomic E-state index is 14.9. The number of carbonyl (C=O) groups excluding carboxylic acids is 3. The highest BCUT2D eigenvalue weighted by atomic mass is 32.1. The fourth-order valence-electron chi connectivity index (χ4n) is 6.35. The van der Waals surface area contributed by atoms with Crippen molar-refractivity contribution in [1.82, 2.24) is 9.80 Å². The smallest absolute Gasteiger partial charge is 0.419 e. The van der Waals surface area contributed by atoms with Gasteiger partial charge >= 0.3 is 18.2 Å². The lowest BCUT2D eigenvalue weighted by atomic mass is 9.97. The van der Waals surface area contributed by atoms with Gasteiger partial charge in [-0.15, -0.1) is 11.3 Å². The van der Waals surface area contributed by atoms with Crippen LogP contribution in [0.1, 0.15) is 94.1 Å². The number of hydrogen-bond donors (Lipinski definition) is 0. The van der Waals surface area contributed by atoms with Gasteiger partial charge in [-0.05, 0) is 129 Å². The summed E-state index contributed by atoms with van der Waals surface area (Å²) in [5, 5.41) is -0.478. The topological polar surface area (TPSA) is 112 Å². The van der Waals surface area contributed by atoms with Gasteiger partial charge in [-0.2, -0.15) is 0 Å². The molecule has 3 aromatic rings. The average Bonchev–Trinajstić information content (AvgIpc) is 3.45. The van der Waals surface area contributed by atoms with E-state index in [2.05, 4.69) is 11.0 Å². The predicted molar refractivity (Wildman–Crippen MR) is 208 cm³/mol. The monoisotopic (exact) mass is 774 g/mol. The van der Waals surface area contributed by atoms with Gasteiger partial charge in [0.15, 0.2) is 5.16 Å². The lowest BCUT2D eigenvalue weighted by Gasteiger charge is -2.46. The lowest BCUT2D eigenvalue weighted by molar-refractivity contribution is -0.160. The van der Waals surface area contributed by atoms with Gasteiger partial charge in [-0.3, -0.25) is 14.3 Å². The first kappa shape index (κ1) is 42.4. The highest BCUT2D eigenvalue weighted by Crippen LogP contribution is 2.64. The number of esters is 1. The molecule has 13 heteroatoms. The first-order chi connectivity index (χ1) is 24.5. The molecule has 2 atom stereocenters. The van der Waals surface area contributed by atoms with E-state index in [9.17, 15) is 23.3 Å². The molecule has 0 bridgehead atoms. The molecule has 2 heterocycles. The Morgan fingerprint density at radius 3 is 2.09 bits per heavy atom. The summed E-state index contributed by atoms with van der Waals surface area (Å²) in [6, 6.07) is 14.8. The van der Waals surface area contributed by atoms with E-state index in [0.717, 1.165) is 31.0 Å². The van der Waals surface area contributed by atoms with Crippen molar-refractivity contribution in [2.45, 2.75) is 117 Å². The first-order valence-corrected chi connectivity index (χ1v) is 20.9. The number of rotatable bonds is 11. The minimum Gasteiger partial charge on any atom is -0.459 e. The Morgan fingerprint density at radius 2 is 1.51 bits per heavy atom. The van der Waals surface area contributed by atoms with E-state index in [4.69, 9.17) is 18.7 Å². The minimum atomic E-state index is -3.67. The van der Waals surface area contributed by atoms with Crippen LogP contribution in [0, 0.1) is 5.82 Å². The second-order valence-corrected chi connectivity index (χ2v) is 20.6. The predicted octanol–water partition coefficient (Wildman–Crippen LogP) is 10.3. The van der Waals surface area contributed by atoms with Gasteiger partial charge < -0.3 is 18.7 Å². The van der Waals surface area contributed by atoms with Crippen molar-refractivity contribution in [2.24, 2.45) is 0 Å². The van der Waals surface area contributed by atoms with E-state index in [1.165, 1.54) is 12.1 Å². The zero-order valence-corrected chi connectivity index (χ0v) is 34.6. The maximum Gasteiger partial charge on any atom is 0.419 e. The summed E-state index contributed by atoms with van der Waals surface area (Å²) in [5.41, 5.74) is -0.949. The number of halogens is 1. The van der Waals surface area contributed by atoms with Crippen molar-refractivity contribution < 1.29 is 42.1 Å². The van der Waals surface area contributed by atoms with Crippen LogP contribution in [0.25, 0.3) is 20.5 Å². The highest BCUT2D eigenvalue weighted by molar-refractivity contribution is 7.62. The Balaban J connectivity index is 1.66. The molecule has 53 heavy (non-hydrogen) atoms. The fraction of sp³-hybridized carbons (Fsp3) is 0.575. The molecule has 2 amide bonds. The molecule has 2 aromatic carbocycles. The van der Waals surface area contributed by atoms with Crippen LogP contribution >= 0.6 is 18.7 Å². The number of ether oxygens (including phenoxy) is 3. The molecule has 0 spiro atoms.